The molecule has 0 spiro atoms. The van der Waals surface area contributed by atoms with E-state index >= 15 is 0 Å². The zero-order valence-electron chi connectivity index (χ0n) is 19.1. The summed E-state index contributed by atoms with van der Waals surface area (Å²) >= 11 is 5.77. The average molecular weight is 474 g/mol. The van der Waals surface area contributed by atoms with Crippen LogP contribution in [0.25, 0.3) is 22.3 Å². The van der Waals surface area contributed by atoms with Crippen LogP contribution < -0.4 is 0 Å². The van der Waals surface area contributed by atoms with E-state index in [-0.39, 0.29) is 11.3 Å². The van der Waals surface area contributed by atoms with Crippen LogP contribution in [0, 0.1) is 5.92 Å². The summed E-state index contributed by atoms with van der Waals surface area (Å²) in [6.07, 6.45) is 12.3. The maximum Gasteiger partial charge on any atom is 0.223 e. The van der Waals surface area contributed by atoms with E-state index in [4.69, 9.17) is 16.3 Å². The number of rotatable bonds is 10. The molecule has 3 heterocycles. The van der Waals surface area contributed by atoms with Crippen LogP contribution in [-0.4, -0.2) is 44.2 Å². The molecule has 1 fully saturated rings. The van der Waals surface area contributed by atoms with E-state index in [1.54, 1.807) is 6.33 Å². The van der Waals surface area contributed by atoms with Gasteiger partial charge in [0, 0.05) is 36.4 Å². The van der Waals surface area contributed by atoms with Crippen molar-refractivity contribution in [3.05, 3.63) is 31.0 Å². The highest BCUT2D eigenvalue weighted by Crippen LogP contribution is 2.37. The molecule has 1 saturated carbocycles. The van der Waals surface area contributed by atoms with Crippen LogP contribution >= 0.6 is 11.6 Å². The van der Waals surface area contributed by atoms with Gasteiger partial charge in [0.1, 0.15) is 18.7 Å². The molecule has 1 aliphatic carbocycles. The third-order valence-corrected chi connectivity index (χ3v) is 8.17. The molecule has 173 valence electrons. The van der Waals surface area contributed by atoms with Gasteiger partial charge >= 0.3 is 0 Å². The number of hydrogen-bond donors (Lipinski definition) is 0. The summed E-state index contributed by atoms with van der Waals surface area (Å²) in [5, 5.41) is 5.26. The van der Waals surface area contributed by atoms with Gasteiger partial charge in [0.05, 0.1) is 17.9 Å². The Bertz CT molecular complexity index is 1070. The molecule has 0 amide bonds. The minimum Gasteiger partial charge on any atom is -0.364 e. The predicted octanol–water partition coefficient (Wildman–Crippen LogP) is 5.49. The molecule has 0 saturated heterocycles. The lowest BCUT2D eigenvalue weighted by molar-refractivity contribution is -0.112. The van der Waals surface area contributed by atoms with Crippen molar-refractivity contribution >= 4 is 36.0 Å². The summed E-state index contributed by atoms with van der Waals surface area (Å²) in [6.45, 7) is 8.29. The van der Waals surface area contributed by atoms with Crippen molar-refractivity contribution in [2.45, 2.75) is 70.6 Å². The fourth-order valence-corrected chi connectivity index (χ4v) is 5.42. The van der Waals surface area contributed by atoms with Crippen molar-refractivity contribution in [3.63, 3.8) is 0 Å². The van der Waals surface area contributed by atoms with Gasteiger partial charge < -0.3 is 9.30 Å². The molecule has 0 bridgehead atoms. The molecule has 7 nitrogen and oxygen atoms in total. The lowest BCUT2D eigenvalue weighted by Crippen LogP contribution is -2.22. The second-order valence-corrected chi connectivity index (χ2v) is 16.0. The Kier molecular flexibility index (Phi) is 7.12. The molecule has 0 radical (unpaired) electrons. The van der Waals surface area contributed by atoms with Crippen LogP contribution in [0.5, 0.6) is 0 Å². The molecule has 3 aromatic heterocycles. The lowest BCUT2D eigenvalue weighted by Gasteiger charge is -2.26. The molecular formula is C23H32ClN5O2Si-. The Morgan fingerprint density at radius 2 is 2.06 bits per heavy atom. The predicted molar refractivity (Wildman–Crippen MR) is 129 cm³/mol. The number of halogens is 1. The van der Waals surface area contributed by atoms with E-state index in [1.165, 1.54) is 12.8 Å². The Balaban J connectivity index is 1.54. The zero-order valence-corrected chi connectivity index (χ0v) is 20.9. The molecular weight excluding hydrogens is 442 g/mol. The molecule has 1 aliphatic rings. The number of carbonyl (C=O) groups is 1. The van der Waals surface area contributed by atoms with Crippen LogP contribution in [0.3, 0.4) is 0 Å². The minimum atomic E-state index is -1.11. The SMILES string of the molecule is C[Si-](C)(C)CCOCn1ccc2c(-c3cnn([C@H](CC(=O)Cl)C4CCCC4)c3)ncnc21. The van der Waals surface area contributed by atoms with Crippen LogP contribution in [-0.2, 0) is 16.3 Å². The van der Waals surface area contributed by atoms with Gasteiger partial charge in [-0.15, -0.1) is 14.1 Å². The summed E-state index contributed by atoms with van der Waals surface area (Å²) < 4.78 is 9.84. The van der Waals surface area contributed by atoms with E-state index < -0.39 is 8.07 Å². The van der Waals surface area contributed by atoms with Gasteiger partial charge in [0.25, 0.3) is 0 Å². The largest absolute Gasteiger partial charge is 0.364 e. The van der Waals surface area contributed by atoms with Gasteiger partial charge in [0.15, 0.2) is 0 Å². The Labute approximate surface area is 195 Å². The molecule has 0 N–H and O–H groups in total. The van der Waals surface area contributed by atoms with E-state index in [9.17, 15) is 4.79 Å². The van der Waals surface area contributed by atoms with Gasteiger partial charge in [-0.2, -0.15) is 24.7 Å². The molecule has 0 aliphatic heterocycles. The molecule has 9 heteroatoms. The summed E-state index contributed by atoms with van der Waals surface area (Å²) in [5.74, 6) is 0.435. The van der Waals surface area contributed by atoms with E-state index in [0.717, 1.165) is 47.8 Å². The quantitative estimate of drug-likeness (QED) is 0.221. The number of hydrogen-bond acceptors (Lipinski definition) is 5. The zero-order chi connectivity index (χ0) is 22.7. The molecule has 3 aromatic rings. The highest BCUT2D eigenvalue weighted by Gasteiger charge is 2.29. The van der Waals surface area contributed by atoms with Crippen molar-refractivity contribution < 1.29 is 9.53 Å². The summed E-state index contributed by atoms with van der Waals surface area (Å²) in [7, 11) is -1.11. The third kappa shape index (κ3) is 5.47. The number of aromatic nitrogens is 5. The summed E-state index contributed by atoms with van der Waals surface area (Å²) in [4.78, 5) is 20.7. The van der Waals surface area contributed by atoms with Crippen LogP contribution in [0.4, 0.5) is 0 Å². The second-order valence-electron chi connectivity index (χ2n) is 9.97. The fraction of sp³-hybridized carbons (Fsp3) is 0.565. The molecule has 4 rings (SSSR count). The van der Waals surface area contributed by atoms with Crippen LogP contribution in [0.15, 0.2) is 31.0 Å². The van der Waals surface area contributed by atoms with Gasteiger partial charge in [0.2, 0.25) is 5.24 Å². The Morgan fingerprint density at radius 1 is 1.28 bits per heavy atom. The van der Waals surface area contributed by atoms with Crippen molar-refractivity contribution in [3.8, 4) is 11.3 Å². The Hall–Kier alpha value is -2.03. The topological polar surface area (TPSA) is 74.8 Å². The molecule has 1 atom stereocenters. The molecule has 0 aromatic carbocycles. The fourth-order valence-electron chi connectivity index (χ4n) is 4.50. The number of carbonyl (C=O) groups excluding carboxylic acids is 1. The monoisotopic (exact) mass is 473 g/mol. The van der Waals surface area contributed by atoms with Gasteiger partial charge in [-0.1, -0.05) is 12.8 Å². The van der Waals surface area contributed by atoms with E-state index in [0.29, 0.717) is 19.1 Å². The molecule has 32 heavy (non-hydrogen) atoms. The highest BCUT2D eigenvalue weighted by molar-refractivity contribution is 6.76. The maximum absolute atomic E-state index is 11.7. The highest BCUT2D eigenvalue weighted by atomic mass is 35.5. The smallest absolute Gasteiger partial charge is 0.223 e. The summed E-state index contributed by atoms with van der Waals surface area (Å²) in [5.41, 5.74) is 2.60. The number of ether oxygens (including phenoxy) is 1. The lowest BCUT2D eigenvalue weighted by atomic mass is 9.96. The summed E-state index contributed by atoms with van der Waals surface area (Å²) in [6, 6.07) is 3.16. The minimum absolute atomic E-state index is 0.00190. The standard InChI is InChI=1S/C23H32ClN5O2Si/c1-32(2,3)11-10-31-16-28-9-8-19-22(25-15-26-23(19)28)18-13-27-29(14-18)20(12-21(24)30)17-6-4-5-7-17/h8-9,13-15,17,20H,4-7,10-12,16H2,1-3H3/q-1/t20-/m1/s1. The first kappa shape index (κ1) is 23.1. The Morgan fingerprint density at radius 3 is 2.78 bits per heavy atom. The first-order chi connectivity index (χ1) is 15.3. The van der Waals surface area contributed by atoms with Crippen molar-refractivity contribution in [2.75, 3.05) is 6.61 Å². The average Bonchev–Trinajstić information content (AvgIpc) is 3.49. The number of fused-ring (bicyclic) bond motifs is 1. The third-order valence-electron chi connectivity index (χ3n) is 6.31. The first-order valence-corrected chi connectivity index (χ1v) is 15.5. The molecule has 0 unspecified atom stereocenters. The van der Waals surface area contributed by atoms with E-state index in [1.807, 2.05) is 33.9 Å². The van der Waals surface area contributed by atoms with Crippen LogP contribution in [0.1, 0.15) is 38.1 Å². The number of nitrogens with zero attached hydrogens (tertiary/aromatic N) is 5. The van der Waals surface area contributed by atoms with Crippen molar-refractivity contribution in [2.24, 2.45) is 5.92 Å². The maximum atomic E-state index is 11.7. The van der Waals surface area contributed by atoms with Crippen molar-refractivity contribution in [1.82, 2.24) is 24.3 Å². The first-order valence-electron chi connectivity index (χ1n) is 11.4. The van der Waals surface area contributed by atoms with Gasteiger partial charge in [-0.3, -0.25) is 9.48 Å². The van der Waals surface area contributed by atoms with Gasteiger partial charge in [-0.25, -0.2) is 9.97 Å². The van der Waals surface area contributed by atoms with Crippen LogP contribution in [0.2, 0.25) is 25.7 Å². The second kappa shape index (κ2) is 9.85. The van der Waals surface area contributed by atoms with Crippen molar-refractivity contribution in [1.29, 1.82) is 0 Å². The van der Waals surface area contributed by atoms with Gasteiger partial charge in [-0.05, 0) is 36.4 Å². The normalized spacial score (nSPS) is 16.1. The van der Waals surface area contributed by atoms with E-state index in [2.05, 4.69) is 34.7 Å².